The molecule has 5 nitrogen and oxygen atoms in total. The highest BCUT2D eigenvalue weighted by Crippen LogP contribution is 2.19. The zero-order chi connectivity index (χ0) is 16.1. The summed E-state index contributed by atoms with van der Waals surface area (Å²) in [5.74, 6) is 0.485. The fraction of sp³-hybridized carbons (Fsp3) is 0.588. The van der Waals surface area contributed by atoms with E-state index in [-0.39, 0.29) is 37.0 Å². The molecule has 1 heterocycles. The Morgan fingerprint density at radius 3 is 2.57 bits per heavy atom. The molecule has 2 rings (SSSR count). The van der Waals surface area contributed by atoms with Gasteiger partial charge >= 0.3 is 0 Å². The van der Waals surface area contributed by atoms with Crippen molar-refractivity contribution in [1.82, 2.24) is 4.90 Å². The summed E-state index contributed by atoms with van der Waals surface area (Å²) in [5, 5.41) is 10.2. The number of hydrogen-bond acceptors (Lipinski definition) is 5. The van der Waals surface area contributed by atoms with E-state index in [4.69, 9.17) is 9.47 Å². The molecule has 0 aliphatic carbocycles. The molecule has 1 aliphatic rings. The summed E-state index contributed by atoms with van der Waals surface area (Å²) < 4.78 is 11.3. The minimum absolute atomic E-state index is 0. The van der Waals surface area contributed by atoms with Crippen molar-refractivity contribution in [3.8, 4) is 5.75 Å². The van der Waals surface area contributed by atoms with Gasteiger partial charge in [0.15, 0.2) is 5.78 Å². The Kier molecular flexibility index (Phi) is 7.99. The lowest BCUT2D eigenvalue weighted by Gasteiger charge is -2.36. The predicted octanol–water partition coefficient (Wildman–Crippen LogP) is 2.16. The Labute approximate surface area is 144 Å². The van der Waals surface area contributed by atoms with Gasteiger partial charge in [-0.25, -0.2) is 0 Å². The molecule has 0 bridgehead atoms. The molecular formula is C17H26ClNO4. The molecule has 1 aromatic rings. The molecular weight excluding hydrogens is 318 g/mol. The molecule has 1 aliphatic heterocycles. The second kappa shape index (κ2) is 9.23. The second-order valence-electron chi connectivity index (χ2n) is 5.99. The van der Waals surface area contributed by atoms with Gasteiger partial charge in [0.2, 0.25) is 0 Å². The average molecular weight is 344 g/mol. The molecule has 1 fully saturated rings. The Balaban J connectivity index is 0.00000264. The van der Waals surface area contributed by atoms with Gasteiger partial charge in [-0.3, -0.25) is 9.69 Å². The molecule has 3 atom stereocenters. The van der Waals surface area contributed by atoms with E-state index in [2.05, 4.69) is 4.90 Å². The van der Waals surface area contributed by atoms with Crippen molar-refractivity contribution in [2.45, 2.75) is 39.1 Å². The smallest absolute Gasteiger partial charge is 0.163 e. The number of ketones is 1. The molecule has 3 unspecified atom stereocenters. The van der Waals surface area contributed by atoms with Crippen LogP contribution in [0.25, 0.3) is 0 Å². The van der Waals surface area contributed by atoms with E-state index >= 15 is 0 Å². The Morgan fingerprint density at radius 2 is 1.96 bits per heavy atom. The van der Waals surface area contributed by atoms with Crippen LogP contribution in [0.2, 0.25) is 0 Å². The van der Waals surface area contributed by atoms with Crippen LogP contribution >= 0.6 is 12.4 Å². The highest BCUT2D eigenvalue weighted by atomic mass is 35.5. The minimum atomic E-state index is -0.600. The Morgan fingerprint density at radius 1 is 1.35 bits per heavy atom. The summed E-state index contributed by atoms with van der Waals surface area (Å²) in [6, 6.07) is 7.10. The molecule has 0 amide bonds. The first-order chi connectivity index (χ1) is 10.5. The van der Waals surface area contributed by atoms with Crippen LogP contribution in [-0.2, 0) is 4.74 Å². The van der Waals surface area contributed by atoms with Crippen LogP contribution in [0.4, 0.5) is 0 Å². The molecule has 1 aromatic carbocycles. The summed E-state index contributed by atoms with van der Waals surface area (Å²) in [4.78, 5) is 13.7. The number of halogens is 1. The molecule has 130 valence electrons. The highest BCUT2D eigenvalue weighted by Gasteiger charge is 2.24. The van der Waals surface area contributed by atoms with Crippen LogP contribution in [0, 0.1) is 0 Å². The highest BCUT2D eigenvalue weighted by molar-refractivity contribution is 5.96. The van der Waals surface area contributed by atoms with Gasteiger partial charge in [-0.1, -0.05) is 12.1 Å². The maximum atomic E-state index is 11.5. The van der Waals surface area contributed by atoms with E-state index in [0.29, 0.717) is 17.9 Å². The van der Waals surface area contributed by atoms with Crippen molar-refractivity contribution in [2.75, 3.05) is 26.2 Å². The van der Waals surface area contributed by atoms with Crippen LogP contribution in [0.5, 0.6) is 5.75 Å². The number of aliphatic hydroxyl groups is 1. The number of hydrogen-bond donors (Lipinski definition) is 1. The SMILES string of the molecule is CC(=O)c1ccccc1OCC(O)CN1CC(C)OC(C)C1.Cl. The number of nitrogens with zero attached hydrogens (tertiary/aromatic N) is 1. The molecule has 0 saturated carbocycles. The molecule has 0 spiro atoms. The fourth-order valence-electron chi connectivity index (χ4n) is 2.85. The van der Waals surface area contributed by atoms with Crippen molar-refractivity contribution in [3.63, 3.8) is 0 Å². The predicted molar refractivity (Wildman–Crippen MR) is 91.6 cm³/mol. The average Bonchev–Trinajstić information content (AvgIpc) is 2.44. The maximum Gasteiger partial charge on any atom is 0.163 e. The first-order valence-electron chi connectivity index (χ1n) is 7.74. The number of carbonyl (C=O) groups is 1. The van der Waals surface area contributed by atoms with Crippen molar-refractivity contribution in [1.29, 1.82) is 0 Å². The van der Waals surface area contributed by atoms with E-state index in [1.54, 1.807) is 18.2 Å². The summed E-state index contributed by atoms with van der Waals surface area (Å²) in [5.41, 5.74) is 0.545. The van der Waals surface area contributed by atoms with Gasteiger partial charge in [-0.05, 0) is 32.9 Å². The van der Waals surface area contributed by atoms with E-state index in [0.717, 1.165) is 13.1 Å². The van der Waals surface area contributed by atoms with Crippen LogP contribution < -0.4 is 4.74 Å². The molecule has 0 radical (unpaired) electrons. The van der Waals surface area contributed by atoms with Crippen LogP contribution in [-0.4, -0.2) is 60.3 Å². The second-order valence-corrected chi connectivity index (χ2v) is 5.99. The largest absolute Gasteiger partial charge is 0.490 e. The standard InChI is InChI=1S/C17H25NO4.ClH/c1-12-8-18(9-13(2)22-12)10-15(20)11-21-17-7-5-4-6-16(17)14(3)19;/h4-7,12-13,15,20H,8-11H2,1-3H3;1H. The van der Waals surface area contributed by atoms with E-state index in [1.807, 2.05) is 19.9 Å². The van der Waals surface area contributed by atoms with Gasteiger partial charge in [0, 0.05) is 19.6 Å². The van der Waals surface area contributed by atoms with Gasteiger partial charge in [0.05, 0.1) is 17.8 Å². The number of rotatable bonds is 6. The number of ether oxygens (including phenoxy) is 2. The summed E-state index contributed by atoms with van der Waals surface area (Å²) >= 11 is 0. The van der Waals surface area contributed by atoms with E-state index in [9.17, 15) is 9.90 Å². The molecule has 0 aromatic heterocycles. The zero-order valence-electron chi connectivity index (χ0n) is 13.9. The van der Waals surface area contributed by atoms with Crippen molar-refractivity contribution >= 4 is 18.2 Å². The van der Waals surface area contributed by atoms with E-state index in [1.165, 1.54) is 6.92 Å². The number of Topliss-reactive ketones (excluding diaryl/α,β-unsaturated/α-hetero) is 1. The van der Waals surface area contributed by atoms with Gasteiger partial charge in [-0.2, -0.15) is 0 Å². The fourth-order valence-corrected chi connectivity index (χ4v) is 2.85. The lowest BCUT2D eigenvalue weighted by molar-refractivity contribution is -0.0787. The Bertz CT molecular complexity index is 501. The van der Waals surface area contributed by atoms with Crippen molar-refractivity contribution in [2.24, 2.45) is 0 Å². The van der Waals surface area contributed by atoms with Gasteiger partial charge in [0.1, 0.15) is 18.5 Å². The molecule has 6 heteroatoms. The van der Waals surface area contributed by atoms with Gasteiger partial charge < -0.3 is 14.6 Å². The minimum Gasteiger partial charge on any atom is -0.490 e. The lowest BCUT2D eigenvalue weighted by atomic mass is 10.1. The number of β-amino-alcohol motifs (C(OH)–C–C–N with tert-alkyl or cyclic N) is 1. The van der Waals surface area contributed by atoms with Crippen LogP contribution in [0.15, 0.2) is 24.3 Å². The number of morpholine rings is 1. The molecule has 1 saturated heterocycles. The number of benzene rings is 1. The van der Waals surface area contributed by atoms with Crippen LogP contribution in [0.3, 0.4) is 0 Å². The number of para-hydroxylation sites is 1. The van der Waals surface area contributed by atoms with Gasteiger partial charge in [-0.15, -0.1) is 12.4 Å². The third-order valence-electron chi connectivity index (χ3n) is 3.66. The van der Waals surface area contributed by atoms with Crippen molar-refractivity contribution < 1.29 is 19.4 Å². The van der Waals surface area contributed by atoms with E-state index < -0.39 is 6.10 Å². The monoisotopic (exact) mass is 343 g/mol. The lowest BCUT2D eigenvalue weighted by Crippen LogP contribution is -2.48. The summed E-state index contributed by atoms with van der Waals surface area (Å²) in [6.45, 7) is 7.92. The summed E-state index contributed by atoms with van der Waals surface area (Å²) in [7, 11) is 0. The number of carbonyl (C=O) groups excluding carboxylic acids is 1. The van der Waals surface area contributed by atoms with Gasteiger partial charge in [0.25, 0.3) is 0 Å². The molecule has 1 N–H and O–H groups in total. The topological polar surface area (TPSA) is 59.0 Å². The van der Waals surface area contributed by atoms with Crippen molar-refractivity contribution in [3.05, 3.63) is 29.8 Å². The van der Waals surface area contributed by atoms with Crippen LogP contribution in [0.1, 0.15) is 31.1 Å². The molecule has 23 heavy (non-hydrogen) atoms. The Hall–Kier alpha value is -1.14. The third-order valence-corrected chi connectivity index (χ3v) is 3.66. The number of aliphatic hydroxyl groups excluding tert-OH is 1. The first-order valence-corrected chi connectivity index (χ1v) is 7.74. The maximum absolute atomic E-state index is 11.5. The normalized spacial score (nSPS) is 23.0. The summed E-state index contributed by atoms with van der Waals surface area (Å²) in [6.07, 6.45) is -0.247. The zero-order valence-corrected chi connectivity index (χ0v) is 14.7. The quantitative estimate of drug-likeness (QED) is 0.802. The first kappa shape index (κ1) is 19.9. The third kappa shape index (κ3) is 6.11.